The molecule has 0 bridgehead atoms. The van der Waals surface area contributed by atoms with Gasteiger partial charge in [-0.3, -0.25) is 10.1 Å². The Morgan fingerprint density at radius 2 is 1.94 bits per heavy atom. The molecule has 0 fully saturated rings. The van der Waals surface area contributed by atoms with Gasteiger partial charge < -0.3 is 0 Å². The van der Waals surface area contributed by atoms with Crippen LogP contribution in [0.1, 0.15) is 17.7 Å². The molecule has 0 spiro atoms. The summed E-state index contributed by atoms with van der Waals surface area (Å²) >= 11 is 5.07. The third-order valence-corrected chi connectivity index (χ3v) is 2.10. The zero-order valence-corrected chi connectivity index (χ0v) is 8.39. The summed E-state index contributed by atoms with van der Waals surface area (Å²) in [5.74, 6) is 0. The van der Waals surface area contributed by atoms with Gasteiger partial charge in [0.1, 0.15) is 11.8 Å². The van der Waals surface area contributed by atoms with Crippen LogP contribution in [0, 0.1) is 10.1 Å². The van der Waals surface area contributed by atoms with Gasteiger partial charge in [0.05, 0.1) is 9.95 Å². The Hall–Kier alpha value is -1.51. The van der Waals surface area contributed by atoms with Crippen LogP contribution in [0.5, 0.6) is 0 Å². The summed E-state index contributed by atoms with van der Waals surface area (Å²) < 4.78 is 61.7. The first kappa shape index (κ1) is 13.6. The molecule has 0 unspecified atom stereocenters. The highest BCUT2D eigenvalue weighted by Gasteiger charge is 2.40. The number of hydrogen-bond acceptors (Lipinski definition) is 3. The van der Waals surface area contributed by atoms with E-state index in [1.165, 1.54) is 0 Å². The quantitative estimate of drug-likeness (QED) is 0.471. The summed E-state index contributed by atoms with van der Waals surface area (Å²) in [4.78, 5) is 11.7. The van der Waals surface area contributed by atoms with Crippen LogP contribution in [-0.4, -0.2) is 9.91 Å². The lowest BCUT2D eigenvalue weighted by Gasteiger charge is -2.10. The van der Waals surface area contributed by atoms with Crippen LogP contribution in [-0.2, 0) is 6.18 Å². The summed E-state index contributed by atoms with van der Waals surface area (Å²) in [5, 5.41) is 8.87. The van der Waals surface area contributed by atoms with E-state index in [1.807, 2.05) is 0 Å². The van der Waals surface area contributed by atoms with Gasteiger partial charge in [0.15, 0.2) is 5.69 Å². The summed E-state index contributed by atoms with van der Waals surface area (Å²) in [6, 6.07) is 0. The fourth-order valence-corrected chi connectivity index (χ4v) is 1.38. The zero-order chi connectivity index (χ0) is 13.4. The zero-order valence-electron chi connectivity index (χ0n) is 7.63. The van der Waals surface area contributed by atoms with Gasteiger partial charge in [0.2, 0.25) is 0 Å². The van der Waals surface area contributed by atoms with Crippen molar-refractivity contribution in [3.05, 3.63) is 32.6 Å². The Bertz CT molecular complexity index is 462. The molecule has 1 aromatic heterocycles. The number of nitrogens with zero attached hydrogens (tertiary/aromatic N) is 2. The molecule has 0 saturated heterocycles. The Morgan fingerprint density at radius 3 is 2.29 bits per heavy atom. The van der Waals surface area contributed by atoms with E-state index in [9.17, 15) is 32.1 Å². The fourth-order valence-electron chi connectivity index (χ4n) is 1.04. The van der Waals surface area contributed by atoms with Gasteiger partial charge in [0, 0.05) is 0 Å². The standard InChI is InChI=1S/C7H2ClF5N2O2/c8-4-3(6(9)10)2(15(16)17)1-14-5(4)7(11,12)13/h1,6H. The molecule has 1 aromatic rings. The van der Waals surface area contributed by atoms with Crippen molar-refractivity contribution in [2.45, 2.75) is 12.6 Å². The van der Waals surface area contributed by atoms with E-state index in [0.717, 1.165) is 0 Å². The first-order chi connectivity index (χ1) is 7.66. The van der Waals surface area contributed by atoms with Crippen molar-refractivity contribution >= 4 is 17.3 Å². The summed E-state index contributed by atoms with van der Waals surface area (Å²) in [7, 11) is 0. The van der Waals surface area contributed by atoms with Gasteiger partial charge in [-0.15, -0.1) is 0 Å². The SMILES string of the molecule is O=[N+]([O-])c1cnc(C(F)(F)F)c(Cl)c1C(F)F. The summed E-state index contributed by atoms with van der Waals surface area (Å²) in [6.45, 7) is 0. The fraction of sp³-hybridized carbons (Fsp3) is 0.286. The number of aromatic nitrogens is 1. The lowest BCUT2D eigenvalue weighted by Crippen LogP contribution is -2.11. The first-order valence-corrected chi connectivity index (χ1v) is 4.22. The van der Waals surface area contributed by atoms with E-state index in [4.69, 9.17) is 11.6 Å². The van der Waals surface area contributed by atoms with Gasteiger partial charge in [0.25, 0.3) is 12.1 Å². The second-order valence-corrected chi connectivity index (χ2v) is 3.15. The minimum absolute atomic E-state index is 0.107. The van der Waals surface area contributed by atoms with E-state index in [-0.39, 0.29) is 6.20 Å². The number of pyridine rings is 1. The third-order valence-electron chi connectivity index (χ3n) is 1.72. The highest BCUT2D eigenvalue weighted by atomic mass is 35.5. The van der Waals surface area contributed by atoms with Crippen molar-refractivity contribution in [1.82, 2.24) is 4.98 Å². The van der Waals surface area contributed by atoms with Gasteiger partial charge in [-0.05, 0) is 0 Å². The van der Waals surface area contributed by atoms with E-state index in [0.29, 0.717) is 0 Å². The lowest BCUT2D eigenvalue weighted by molar-refractivity contribution is -0.386. The number of rotatable bonds is 2. The number of alkyl halides is 5. The second kappa shape index (κ2) is 4.40. The first-order valence-electron chi connectivity index (χ1n) is 3.84. The predicted molar refractivity (Wildman–Crippen MR) is 45.9 cm³/mol. The Balaban J connectivity index is 3.55. The highest BCUT2D eigenvalue weighted by Crippen LogP contribution is 2.41. The Morgan fingerprint density at radius 1 is 1.41 bits per heavy atom. The normalized spacial score (nSPS) is 11.9. The third kappa shape index (κ3) is 2.60. The summed E-state index contributed by atoms with van der Waals surface area (Å²) in [6.07, 6.45) is -8.46. The van der Waals surface area contributed by atoms with E-state index >= 15 is 0 Å². The Kier molecular flexibility index (Phi) is 3.51. The average Bonchev–Trinajstić information content (AvgIpc) is 2.13. The van der Waals surface area contributed by atoms with E-state index < -0.39 is 39.5 Å². The van der Waals surface area contributed by atoms with Crippen LogP contribution in [0.4, 0.5) is 27.6 Å². The maximum absolute atomic E-state index is 12.4. The van der Waals surface area contributed by atoms with E-state index in [1.54, 1.807) is 0 Å². The van der Waals surface area contributed by atoms with Crippen LogP contribution < -0.4 is 0 Å². The maximum Gasteiger partial charge on any atom is 0.434 e. The smallest absolute Gasteiger partial charge is 0.258 e. The Labute approximate surface area is 95.2 Å². The second-order valence-electron chi connectivity index (χ2n) is 2.78. The van der Waals surface area contributed by atoms with Crippen molar-refractivity contribution in [3.63, 3.8) is 0 Å². The van der Waals surface area contributed by atoms with Crippen LogP contribution in [0.25, 0.3) is 0 Å². The van der Waals surface area contributed by atoms with Crippen LogP contribution >= 0.6 is 11.6 Å². The molecule has 0 radical (unpaired) electrons. The molecule has 0 amide bonds. The van der Waals surface area contributed by atoms with Crippen LogP contribution in [0.2, 0.25) is 5.02 Å². The molecular formula is C7H2ClF5N2O2. The van der Waals surface area contributed by atoms with Crippen molar-refractivity contribution in [2.24, 2.45) is 0 Å². The van der Waals surface area contributed by atoms with Crippen molar-refractivity contribution in [1.29, 1.82) is 0 Å². The number of hydrogen-bond donors (Lipinski definition) is 0. The molecular weight excluding hydrogens is 275 g/mol. The van der Waals surface area contributed by atoms with Crippen LogP contribution in [0.3, 0.4) is 0 Å². The van der Waals surface area contributed by atoms with Crippen LogP contribution in [0.15, 0.2) is 6.20 Å². The molecule has 0 aliphatic heterocycles. The van der Waals surface area contributed by atoms with Crippen molar-refractivity contribution in [3.8, 4) is 0 Å². The molecule has 0 saturated carbocycles. The van der Waals surface area contributed by atoms with Gasteiger partial charge in [-0.25, -0.2) is 13.8 Å². The molecule has 10 heteroatoms. The van der Waals surface area contributed by atoms with Gasteiger partial charge >= 0.3 is 6.18 Å². The largest absolute Gasteiger partial charge is 0.434 e. The van der Waals surface area contributed by atoms with Crippen molar-refractivity contribution in [2.75, 3.05) is 0 Å². The van der Waals surface area contributed by atoms with Crippen molar-refractivity contribution < 1.29 is 26.9 Å². The van der Waals surface area contributed by atoms with Gasteiger partial charge in [-0.1, -0.05) is 11.6 Å². The molecule has 17 heavy (non-hydrogen) atoms. The molecule has 94 valence electrons. The minimum Gasteiger partial charge on any atom is -0.258 e. The maximum atomic E-state index is 12.4. The molecule has 0 N–H and O–H groups in total. The number of nitro groups is 1. The highest BCUT2D eigenvalue weighted by molar-refractivity contribution is 6.32. The molecule has 0 atom stereocenters. The molecule has 0 aromatic carbocycles. The molecule has 1 heterocycles. The number of halogens is 6. The molecule has 0 aliphatic rings. The molecule has 0 aliphatic carbocycles. The lowest BCUT2D eigenvalue weighted by atomic mass is 10.2. The van der Waals surface area contributed by atoms with E-state index in [2.05, 4.69) is 4.98 Å². The molecule has 1 rings (SSSR count). The topological polar surface area (TPSA) is 56.0 Å². The molecule has 4 nitrogen and oxygen atoms in total. The monoisotopic (exact) mass is 276 g/mol. The predicted octanol–water partition coefficient (Wildman–Crippen LogP) is 3.60. The minimum atomic E-state index is -5.06. The van der Waals surface area contributed by atoms with Gasteiger partial charge in [-0.2, -0.15) is 13.2 Å². The average molecular weight is 277 g/mol. The summed E-state index contributed by atoms with van der Waals surface area (Å²) in [5.41, 5.74) is -4.52.